The molecular weight excluding hydrogens is 367 g/mol. The Bertz CT molecular complexity index is 838. The SMILES string of the molecule is O=C1C(c2ccc(Cl)cc2)C(C2=CC3C=CC(Cl)=CC3N2)N1CC1CC1. The van der Waals surface area contributed by atoms with Crippen molar-refractivity contribution in [3.05, 3.63) is 69.9 Å². The van der Waals surface area contributed by atoms with Crippen molar-refractivity contribution in [2.45, 2.75) is 30.8 Å². The molecule has 26 heavy (non-hydrogen) atoms. The number of amides is 1. The van der Waals surface area contributed by atoms with Crippen LogP contribution < -0.4 is 5.32 Å². The number of halogens is 2. The van der Waals surface area contributed by atoms with Crippen LogP contribution in [0.25, 0.3) is 0 Å². The van der Waals surface area contributed by atoms with Gasteiger partial charge in [-0.25, -0.2) is 0 Å². The van der Waals surface area contributed by atoms with Gasteiger partial charge in [0.05, 0.1) is 18.0 Å². The number of carbonyl (C=O) groups is 1. The molecule has 2 fully saturated rings. The van der Waals surface area contributed by atoms with Crippen LogP contribution in [0, 0.1) is 11.8 Å². The summed E-state index contributed by atoms with van der Waals surface area (Å²) in [5, 5.41) is 5.07. The van der Waals surface area contributed by atoms with Gasteiger partial charge in [0.25, 0.3) is 0 Å². The van der Waals surface area contributed by atoms with Crippen LogP contribution in [-0.2, 0) is 4.79 Å². The fraction of sp³-hybridized carbons (Fsp3) is 0.381. The van der Waals surface area contributed by atoms with Crippen molar-refractivity contribution in [2.24, 2.45) is 11.8 Å². The van der Waals surface area contributed by atoms with Crippen LogP contribution >= 0.6 is 23.2 Å². The molecule has 2 heterocycles. The predicted molar refractivity (Wildman–Crippen MR) is 104 cm³/mol. The number of hydrogen-bond acceptors (Lipinski definition) is 2. The number of hydrogen-bond donors (Lipinski definition) is 1. The number of β-lactam (4-membered cyclic amide) rings is 1. The van der Waals surface area contributed by atoms with Gasteiger partial charge in [-0.05, 0) is 48.6 Å². The number of rotatable bonds is 4. The molecule has 0 bridgehead atoms. The molecule has 2 aliphatic carbocycles. The highest BCUT2D eigenvalue weighted by molar-refractivity contribution is 6.31. The van der Waals surface area contributed by atoms with Gasteiger partial charge in [-0.15, -0.1) is 0 Å². The van der Waals surface area contributed by atoms with E-state index in [-0.39, 0.29) is 23.9 Å². The monoisotopic (exact) mass is 386 g/mol. The van der Waals surface area contributed by atoms with Gasteiger partial charge in [-0.1, -0.05) is 47.5 Å². The summed E-state index contributed by atoms with van der Waals surface area (Å²) in [6.45, 7) is 0.869. The summed E-state index contributed by atoms with van der Waals surface area (Å²) in [6, 6.07) is 7.96. The Balaban J connectivity index is 1.45. The van der Waals surface area contributed by atoms with E-state index in [0.717, 1.165) is 22.8 Å². The zero-order valence-corrected chi connectivity index (χ0v) is 15.8. The van der Waals surface area contributed by atoms with Crippen LogP contribution in [0.15, 0.2) is 59.3 Å². The number of allylic oxidation sites excluding steroid dienone is 2. The third kappa shape index (κ3) is 2.78. The molecule has 4 atom stereocenters. The molecule has 1 saturated heterocycles. The van der Waals surface area contributed by atoms with Gasteiger partial charge in [0.2, 0.25) is 5.91 Å². The van der Waals surface area contributed by atoms with Crippen LogP contribution in [0.5, 0.6) is 0 Å². The standard InChI is InChI=1S/C21H20Cl2N2O/c22-15-6-3-13(4-7-15)19-20(25(21(19)26)11-12-1-2-12)18-9-14-5-8-16(23)10-17(14)24-18/h3-10,12,14,17,19-20,24H,1-2,11H2. The van der Waals surface area contributed by atoms with Gasteiger partial charge >= 0.3 is 0 Å². The topological polar surface area (TPSA) is 32.3 Å². The summed E-state index contributed by atoms with van der Waals surface area (Å²) in [5.41, 5.74) is 2.19. The molecule has 0 radical (unpaired) electrons. The van der Waals surface area contributed by atoms with Crippen molar-refractivity contribution in [2.75, 3.05) is 6.54 Å². The Labute approximate surface area is 163 Å². The first kappa shape index (κ1) is 16.5. The molecule has 0 spiro atoms. The Morgan fingerprint density at radius 1 is 1.12 bits per heavy atom. The molecule has 134 valence electrons. The number of nitrogens with one attached hydrogen (secondary N) is 1. The normalized spacial score (nSPS) is 32.5. The van der Waals surface area contributed by atoms with Crippen LogP contribution in [0.3, 0.4) is 0 Å². The number of benzene rings is 1. The van der Waals surface area contributed by atoms with Gasteiger partial charge in [-0.2, -0.15) is 0 Å². The van der Waals surface area contributed by atoms with Crippen LogP contribution in [0.2, 0.25) is 5.02 Å². The van der Waals surface area contributed by atoms with E-state index in [2.05, 4.69) is 28.4 Å². The van der Waals surface area contributed by atoms with Crippen LogP contribution in [0.4, 0.5) is 0 Å². The minimum Gasteiger partial charge on any atom is -0.380 e. The van der Waals surface area contributed by atoms with Gasteiger partial charge in [-0.3, -0.25) is 4.79 Å². The Kier molecular flexibility index (Phi) is 3.91. The molecule has 1 N–H and O–H groups in total. The summed E-state index contributed by atoms with van der Waals surface area (Å²) in [4.78, 5) is 15.0. The van der Waals surface area contributed by atoms with Crippen LogP contribution in [-0.4, -0.2) is 29.4 Å². The first-order valence-electron chi connectivity index (χ1n) is 9.20. The number of carbonyl (C=O) groups excluding carboxylic acids is 1. The molecule has 0 aromatic heterocycles. The summed E-state index contributed by atoms with van der Waals surface area (Å²) >= 11 is 12.2. The van der Waals surface area contributed by atoms with E-state index in [1.165, 1.54) is 12.8 Å². The maximum atomic E-state index is 12.9. The average molecular weight is 387 g/mol. The van der Waals surface area contributed by atoms with E-state index in [0.29, 0.717) is 16.9 Å². The van der Waals surface area contributed by atoms with Crippen molar-refractivity contribution in [3.8, 4) is 0 Å². The Morgan fingerprint density at radius 3 is 2.62 bits per heavy atom. The van der Waals surface area contributed by atoms with Crippen molar-refractivity contribution in [1.29, 1.82) is 0 Å². The molecule has 3 nitrogen and oxygen atoms in total. The Hall–Kier alpha value is -1.71. The van der Waals surface area contributed by atoms with E-state index < -0.39 is 0 Å². The smallest absolute Gasteiger partial charge is 0.233 e. The lowest BCUT2D eigenvalue weighted by Gasteiger charge is -2.48. The Morgan fingerprint density at radius 2 is 1.88 bits per heavy atom. The van der Waals surface area contributed by atoms with Crippen molar-refractivity contribution < 1.29 is 4.79 Å². The summed E-state index contributed by atoms with van der Waals surface area (Å²) in [7, 11) is 0. The highest BCUT2D eigenvalue weighted by Gasteiger charge is 2.52. The number of likely N-dealkylation sites (tertiary alicyclic amines) is 1. The van der Waals surface area contributed by atoms with E-state index in [4.69, 9.17) is 23.2 Å². The highest BCUT2D eigenvalue weighted by Crippen LogP contribution is 2.44. The lowest BCUT2D eigenvalue weighted by Crippen LogP contribution is -2.62. The maximum absolute atomic E-state index is 12.9. The fourth-order valence-electron chi connectivity index (χ4n) is 4.26. The minimum absolute atomic E-state index is 0.0791. The third-order valence-electron chi connectivity index (χ3n) is 5.84. The second-order valence-electron chi connectivity index (χ2n) is 7.69. The fourth-order valence-corrected chi connectivity index (χ4v) is 4.60. The zero-order chi connectivity index (χ0) is 17.8. The van der Waals surface area contributed by atoms with Gasteiger partial charge in [0.1, 0.15) is 0 Å². The van der Waals surface area contributed by atoms with Crippen molar-refractivity contribution in [1.82, 2.24) is 10.2 Å². The van der Waals surface area contributed by atoms with E-state index in [1.54, 1.807) is 0 Å². The summed E-state index contributed by atoms with van der Waals surface area (Å²) in [6.07, 6.45) is 10.9. The van der Waals surface area contributed by atoms with Crippen molar-refractivity contribution in [3.63, 3.8) is 0 Å². The zero-order valence-electron chi connectivity index (χ0n) is 14.2. The summed E-state index contributed by atoms with van der Waals surface area (Å²) < 4.78 is 0. The summed E-state index contributed by atoms with van der Waals surface area (Å²) in [5.74, 6) is 1.07. The van der Waals surface area contributed by atoms with Gasteiger partial charge < -0.3 is 10.2 Å². The third-order valence-corrected chi connectivity index (χ3v) is 6.34. The van der Waals surface area contributed by atoms with E-state index in [9.17, 15) is 4.79 Å². The average Bonchev–Trinajstić information content (AvgIpc) is 3.36. The molecule has 4 aliphatic rings. The quantitative estimate of drug-likeness (QED) is 0.786. The maximum Gasteiger partial charge on any atom is 0.233 e. The molecule has 2 aliphatic heterocycles. The van der Waals surface area contributed by atoms with E-state index in [1.807, 2.05) is 30.3 Å². The number of fused-ring (bicyclic) bond motifs is 1. The lowest BCUT2D eigenvalue weighted by molar-refractivity contribution is -0.148. The number of nitrogens with zero attached hydrogens (tertiary/aromatic N) is 1. The van der Waals surface area contributed by atoms with Gasteiger partial charge in [0.15, 0.2) is 0 Å². The van der Waals surface area contributed by atoms with E-state index >= 15 is 0 Å². The molecule has 1 aromatic carbocycles. The molecular formula is C21H20Cl2N2O. The first-order chi connectivity index (χ1) is 12.6. The largest absolute Gasteiger partial charge is 0.380 e. The van der Waals surface area contributed by atoms with Crippen molar-refractivity contribution >= 4 is 29.1 Å². The highest BCUT2D eigenvalue weighted by atomic mass is 35.5. The first-order valence-corrected chi connectivity index (χ1v) is 9.95. The molecule has 1 aromatic rings. The molecule has 4 unspecified atom stereocenters. The lowest BCUT2D eigenvalue weighted by atomic mass is 9.79. The molecule has 1 saturated carbocycles. The molecule has 5 rings (SSSR count). The van der Waals surface area contributed by atoms with Gasteiger partial charge in [0, 0.05) is 28.2 Å². The second kappa shape index (κ2) is 6.17. The predicted octanol–water partition coefficient (Wildman–Crippen LogP) is 4.21. The molecule has 5 heteroatoms. The minimum atomic E-state index is -0.131. The second-order valence-corrected chi connectivity index (χ2v) is 8.56. The van der Waals surface area contributed by atoms with Crippen LogP contribution in [0.1, 0.15) is 24.3 Å². The molecule has 1 amide bonds.